The Balaban J connectivity index is 2.28. The summed E-state index contributed by atoms with van der Waals surface area (Å²) in [5.74, 6) is -0.255. The summed E-state index contributed by atoms with van der Waals surface area (Å²) in [6.45, 7) is 0.157. The van der Waals surface area contributed by atoms with Gasteiger partial charge in [0.05, 0.1) is 23.2 Å². The van der Waals surface area contributed by atoms with Gasteiger partial charge in [-0.1, -0.05) is 0 Å². The molecule has 1 amide bonds. The van der Waals surface area contributed by atoms with Crippen LogP contribution in [-0.4, -0.2) is 34.1 Å². The Morgan fingerprint density at radius 3 is 3.06 bits per heavy atom. The standard InChI is InChI=1S/C11H11N3O2/c15-5-4-13-11(16)8-6-10-9(14-7-8)2-1-3-12-10/h1-3,6-7,15H,4-5H2,(H,13,16). The number of carbonyl (C=O) groups is 1. The van der Waals surface area contributed by atoms with Gasteiger partial charge >= 0.3 is 0 Å². The lowest BCUT2D eigenvalue weighted by molar-refractivity contribution is 0.0944. The van der Waals surface area contributed by atoms with Gasteiger partial charge in [0.25, 0.3) is 5.91 Å². The van der Waals surface area contributed by atoms with Gasteiger partial charge in [0.1, 0.15) is 0 Å². The first kappa shape index (κ1) is 10.5. The highest BCUT2D eigenvalue weighted by Crippen LogP contribution is 2.09. The predicted molar refractivity (Wildman–Crippen MR) is 59.0 cm³/mol. The molecule has 0 spiro atoms. The molecule has 2 aromatic heterocycles. The highest BCUT2D eigenvalue weighted by Gasteiger charge is 2.06. The fraction of sp³-hybridized carbons (Fsp3) is 0.182. The van der Waals surface area contributed by atoms with E-state index in [1.807, 2.05) is 6.07 Å². The molecule has 2 N–H and O–H groups in total. The summed E-state index contributed by atoms with van der Waals surface area (Å²) < 4.78 is 0. The summed E-state index contributed by atoms with van der Waals surface area (Å²) in [6, 6.07) is 5.30. The van der Waals surface area contributed by atoms with Crippen LogP contribution in [-0.2, 0) is 0 Å². The zero-order valence-corrected chi connectivity index (χ0v) is 8.55. The molecule has 0 saturated heterocycles. The van der Waals surface area contributed by atoms with E-state index in [2.05, 4.69) is 15.3 Å². The van der Waals surface area contributed by atoms with Crippen molar-refractivity contribution >= 4 is 16.9 Å². The molecule has 0 bridgehead atoms. The van der Waals surface area contributed by atoms with E-state index in [0.717, 1.165) is 5.52 Å². The van der Waals surface area contributed by atoms with Crippen LogP contribution < -0.4 is 5.32 Å². The van der Waals surface area contributed by atoms with Crippen LogP contribution in [0.25, 0.3) is 11.0 Å². The number of hydrogen-bond acceptors (Lipinski definition) is 4. The van der Waals surface area contributed by atoms with Crippen molar-refractivity contribution in [2.45, 2.75) is 0 Å². The van der Waals surface area contributed by atoms with Gasteiger partial charge < -0.3 is 10.4 Å². The van der Waals surface area contributed by atoms with E-state index in [1.54, 1.807) is 18.3 Å². The molecule has 5 nitrogen and oxygen atoms in total. The predicted octanol–water partition coefficient (Wildman–Crippen LogP) is 0.352. The van der Waals surface area contributed by atoms with Crippen molar-refractivity contribution < 1.29 is 9.90 Å². The molecule has 0 aliphatic heterocycles. The van der Waals surface area contributed by atoms with Crippen molar-refractivity contribution in [1.29, 1.82) is 0 Å². The molecule has 82 valence electrons. The molecule has 0 fully saturated rings. The van der Waals surface area contributed by atoms with Crippen LogP contribution in [0.5, 0.6) is 0 Å². The lowest BCUT2D eigenvalue weighted by Crippen LogP contribution is -2.26. The summed E-state index contributed by atoms with van der Waals surface area (Å²) in [7, 11) is 0. The van der Waals surface area contributed by atoms with Crippen LogP contribution in [0.2, 0.25) is 0 Å². The van der Waals surface area contributed by atoms with Crippen molar-refractivity contribution in [3.63, 3.8) is 0 Å². The largest absolute Gasteiger partial charge is 0.395 e. The molecule has 0 aliphatic carbocycles. The number of amides is 1. The van der Waals surface area contributed by atoms with E-state index in [0.29, 0.717) is 11.1 Å². The third kappa shape index (κ3) is 2.14. The third-order valence-corrected chi connectivity index (χ3v) is 2.11. The molecular formula is C11H11N3O2. The molecular weight excluding hydrogens is 206 g/mol. The highest BCUT2D eigenvalue weighted by molar-refractivity contribution is 5.96. The zero-order valence-electron chi connectivity index (χ0n) is 8.55. The number of pyridine rings is 2. The van der Waals surface area contributed by atoms with E-state index in [-0.39, 0.29) is 19.1 Å². The highest BCUT2D eigenvalue weighted by atomic mass is 16.3. The number of aromatic nitrogens is 2. The molecule has 2 rings (SSSR count). The summed E-state index contributed by atoms with van der Waals surface area (Å²) in [5.41, 5.74) is 1.88. The van der Waals surface area contributed by atoms with Crippen LogP contribution in [0.15, 0.2) is 30.6 Å². The second kappa shape index (κ2) is 4.67. The molecule has 0 unspecified atom stereocenters. The minimum atomic E-state index is -0.255. The lowest BCUT2D eigenvalue weighted by Gasteiger charge is -2.03. The molecule has 5 heteroatoms. The fourth-order valence-electron chi connectivity index (χ4n) is 1.35. The number of hydrogen-bond donors (Lipinski definition) is 2. The van der Waals surface area contributed by atoms with Gasteiger partial charge in [-0.05, 0) is 18.2 Å². The van der Waals surface area contributed by atoms with Crippen molar-refractivity contribution in [3.05, 3.63) is 36.2 Å². The normalized spacial score (nSPS) is 10.3. The summed E-state index contributed by atoms with van der Waals surface area (Å²) in [6.07, 6.45) is 3.15. The maximum absolute atomic E-state index is 11.6. The summed E-state index contributed by atoms with van der Waals surface area (Å²) >= 11 is 0. The lowest BCUT2D eigenvalue weighted by atomic mass is 10.2. The van der Waals surface area contributed by atoms with E-state index in [1.165, 1.54) is 6.20 Å². The number of nitrogens with zero attached hydrogens (tertiary/aromatic N) is 2. The van der Waals surface area contributed by atoms with Gasteiger partial charge in [0, 0.05) is 18.9 Å². The SMILES string of the molecule is O=C(NCCO)c1cnc2cccnc2c1. The summed E-state index contributed by atoms with van der Waals surface area (Å²) in [4.78, 5) is 19.8. The Labute approximate surface area is 92.2 Å². The molecule has 0 atom stereocenters. The first-order chi connectivity index (χ1) is 7.81. The van der Waals surface area contributed by atoms with Crippen molar-refractivity contribution in [2.24, 2.45) is 0 Å². The Kier molecular flexibility index (Phi) is 3.07. The van der Waals surface area contributed by atoms with Crippen LogP contribution >= 0.6 is 0 Å². The van der Waals surface area contributed by atoms with Crippen molar-refractivity contribution in [1.82, 2.24) is 15.3 Å². The first-order valence-electron chi connectivity index (χ1n) is 4.91. The molecule has 0 radical (unpaired) electrons. The van der Waals surface area contributed by atoms with Gasteiger partial charge in [-0.2, -0.15) is 0 Å². The smallest absolute Gasteiger partial charge is 0.253 e. The number of aliphatic hydroxyl groups is 1. The molecule has 0 saturated carbocycles. The van der Waals surface area contributed by atoms with E-state index in [9.17, 15) is 4.79 Å². The van der Waals surface area contributed by atoms with Gasteiger partial charge in [0.15, 0.2) is 0 Å². The Bertz CT molecular complexity index is 513. The van der Waals surface area contributed by atoms with E-state index >= 15 is 0 Å². The number of carbonyl (C=O) groups excluding carboxylic acids is 1. The second-order valence-corrected chi connectivity index (χ2v) is 3.25. The number of nitrogens with one attached hydrogen (secondary N) is 1. The topological polar surface area (TPSA) is 75.1 Å². The maximum Gasteiger partial charge on any atom is 0.253 e. The average Bonchev–Trinajstić information content (AvgIpc) is 2.35. The Morgan fingerprint density at radius 1 is 1.38 bits per heavy atom. The quantitative estimate of drug-likeness (QED) is 0.778. The monoisotopic (exact) mass is 217 g/mol. The van der Waals surface area contributed by atoms with Gasteiger partial charge in [-0.3, -0.25) is 14.8 Å². The molecule has 0 aliphatic rings. The fourth-order valence-corrected chi connectivity index (χ4v) is 1.35. The average molecular weight is 217 g/mol. The number of aliphatic hydroxyl groups excluding tert-OH is 1. The third-order valence-electron chi connectivity index (χ3n) is 2.11. The minimum Gasteiger partial charge on any atom is -0.395 e. The molecule has 2 aromatic rings. The van der Waals surface area contributed by atoms with Crippen molar-refractivity contribution in [3.8, 4) is 0 Å². The first-order valence-corrected chi connectivity index (χ1v) is 4.91. The second-order valence-electron chi connectivity index (χ2n) is 3.25. The maximum atomic E-state index is 11.6. The minimum absolute atomic E-state index is 0.0784. The molecule has 2 heterocycles. The Hall–Kier alpha value is -2.01. The zero-order chi connectivity index (χ0) is 11.4. The van der Waals surface area contributed by atoms with Gasteiger partial charge in [-0.15, -0.1) is 0 Å². The van der Waals surface area contributed by atoms with Gasteiger partial charge in [-0.25, -0.2) is 0 Å². The van der Waals surface area contributed by atoms with Gasteiger partial charge in [0.2, 0.25) is 0 Å². The number of fused-ring (bicyclic) bond motifs is 1. The van der Waals surface area contributed by atoms with Crippen LogP contribution in [0.1, 0.15) is 10.4 Å². The van der Waals surface area contributed by atoms with Crippen LogP contribution in [0, 0.1) is 0 Å². The van der Waals surface area contributed by atoms with E-state index in [4.69, 9.17) is 5.11 Å². The van der Waals surface area contributed by atoms with E-state index < -0.39 is 0 Å². The van der Waals surface area contributed by atoms with Crippen LogP contribution in [0.3, 0.4) is 0 Å². The van der Waals surface area contributed by atoms with Crippen LogP contribution in [0.4, 0.5) is 0 Å². The Morgan fingerprint density at radius 2 is 2.25 bits per heavy atom. The number of rotatable bonds is 3. The molecule has 0 aromatic carbocycles. The summed E-state index contributed by atoms with van der Waals surface area (Å²) in [5, 5.41) is 11.1. The molecule has 16 heavy (non-hydrogen) atoms. The van der Waals surface area contributed by atoms with Crippen molar-refractivity contribution in [2.75, 3.05) is 13.2 Å².